The van der Waals surface area contributed by atoms with Crippen LogP contribution in [0, 0.1) is 5.82 Å². The highest BCUT2D eigenvalue weighted by molar-refractivity contribution is 7.13. The third-order valence-corrected chi connectivity index (χ3v) is 4.56. The van der Waals surface area contributed by atoms with E-state index in [0.29, 0.717) is 23.9 Å². The summed E-state index contributed by atoms with van der Waals surface area (Å²) in [7, 11) is 1.65. The summed E-state index contributed by atoms with van der Waals surface area (Å²) in [6.07, 6.45) is -0.199. The summed E-state index contributed by atoms with van der Waals surface area (Å²) in [6, 6.07) is 9.39. The summed E-state index contributed by atoms with van der Waals surface area (Å²) in [5, 5.41) is 5.86. The van der Waals surface area contributed by atoms with Crippen LogP contribution in [0.2, 0.25) is 0 Å². The number of carbonyl (C=O) groups excluding carboxylic acids is 1. The molecule has 0 fully saturated rings. The average molecular weight is 375 g/mol. The smallest absolute Gasteiger partial charge is 0.263 e. The van der Waals surface area contributed by atoms with E-state index >= 15 is 0 Å². The lowest BCUT2D eigenvalue weighted by Crippen LogP contribution is -2.39. The summed E-state index contributed by atoms with van der Waals surface area (Å²) in [4.78, 5) is 19.3. The van der Waals surface area contributed by atoms with E-state index in [-0.39, 0.29) is 18.3 Å². The molecule has 6 nitrogen and oxygen atoms in total. The Morgan fingerprint density at radius 1 is 1.35 bits per heavy atom. The zero-order valence-electron chi connectivity index (χ0n) is 14.4. The lowest BCUT2D eigenvalue weighted by atomic mass is 10.2. The fraction of sp³-hybridized carbons (Fsp3) is 0.278. The summed E-state index contributed by atoms with van der Waals surface area (Å²) in [6.45, 7) is 2.03. The van der Waals surface area contributed by atoms with Crippen LogP contribution in [0.25, 0.3) is 10.7 Å². The highest BCUT2D eigenvalue weighted by Gasteiger charge is 2.24. The number of carbonyl (C=O) groups is 1. The topological polar surface area (TPSA) is 68.5 Å². The molecule has 1 aromatic carbocycles. The second-order valence-electron chi connectivity index (χ2n) is 5.65. The number of halogens is 1. The molecular weight excluding hydrogens is 357 g/mol. The van der Waals surface area contributed by atoms with Crippen molar-refractivity contribution in [1.29, 1.82) is 0 Å². The van der Waals surface area contributed by atoms with Gasteiger partial charge in [-0.15, -0.1) is 11.3 Å². The standard InChI is InChI=1S/C18H18FN3O3S/c1-3-14(24-13-8-6-12(19)7-9-13)18(23)22(2)11-16-20-17(21-25-16)15-5-4-10-26-15/h4-10,14H,3,11H2,1-2H3/t14-/m0/s1. The van der Waals surface area contributed by atoms with E-state index in [4.69, 9.17) is 9.26 Å². The van der Waals surface area contributed by atoms with Gasteiger partial charge in [0.25, 0.3) is 5.91 Å². The molecule has 0 bridgehead atoms. The van der Waals surface area contributed by atoms with Gasteiger partial charge in [-0.05, 0) is 42.1 Å². The Bertz CT molecular complexity index is 849. The van der Waals surface area contributed by atoms with Crippen LogP contribution in [0.3, 0.4) is 0 Å². The molecule has 0 aliphatic heterocycles. The van der Waals surface area contributed by atoms with Crippen LogP contribution in [0.15, 0.2) is 46.3 Å². The first-order valence-electron chi connectivity index (χ1n) is 8.10. The monoisotopic (exact) mass is 375 g/mol. The Kier molecular flexibility index (Phi) is 5.62. The first-order valence-corrected chi connectivity index (χ1v) is 8.98. The molecule has 2 heterocycles. The number of amides is 1. The Balaban J connectivity index is 1.63. The predicted octanol–water partition coefficient (Wildman–Crippen LogP) is 3.75. The van der Waals surface area contributed by atoms with E-state index in [1.807, 2.05) is 24.4 Å². The molecule has 0 aliphatic rings. The van der Waals surface area contributed by atoms with Crippen LogP contribution in [-0.4, -0.2) is 34.1 Å². The Morgan fingerprint density at radius 2 is 2.12 bits per heavy atom. The minimum atomic E-state index is -0.676. The van der Waals surface area contributed by atoms with E-state index in [2.05, 4.69) is 10.1 Å². The number of rotatable bonds is 7. The van der Waals surface area contributed by atoms with Crippen molar-refractivity contribution in [2.24, 2.45) is 0 Å². The van der Waals surface area contributed by atoms with Crippen molar-refractivity contribution < 1.29 is 18.4 Å². The maximum atomic E-state index is 13.0. The van der Waals surface area contributed by atoms with Crippen molar-refractivity contribution >= 4 is 17.2 Å². The van der Waals surface area contributed by atoms with Gasteiger partial charge in [0.05, 0.1) is 11.4 Å². The number of ether oxygens (including phenoxy) is 1. The molecular formula is C18H18FN3O3S. The molecule has 3 rings (SSSR count). The molecule has 0 unspecified atom stereocenters. The molecule has 1 atom stereocenters. The lowest BCUT2D eigenvalue weighted by Gasteiger charge is -2.22. The molecule has 1 amide bonds. The Morgan fingerprint density at radius 3 is 2.77 bits per heavy atom. The fourth-order valence-electron chi connectivity index (χ4n) is 2.34. The van der Waals surface area contributed by atoms with Gasteiger partial charge in [0.15, 0.2) is 6.10 Å². The SMILES string of the molecule is CC[C@H](Oc1ccc(F)cc1)C(=O)N(C)Cc1nc(-c2cccs2)no1. The molecule has 26 heavy (non-hydrogen) atoms. The third kappa shape index (κ3) is 4.26. The first-order chi connectivity index (χ1) is 12.6. The van der Waals surface area contributed by atoms with Gasteiger partial charge in [-0.2, -0.15) is 4.98 Å². The summed E-state index contributed by atoms with van der Waals surface area (Å²) < 4.78 is 23.9. The van der Waals surface area contributed by atoms with E-state index < -0.39 is 6.10 Å². The van der Waals surface area contributed by atoms with Crippen LogP contribution in [-0.2, 0) is 11.3 Å². The third-order valence-electron chi connectivity index (χ3n) is 3.70. The second-order valence-corrected chi connectivity index (χ2v) is 6.60. The zero-order valence-corrected chi connectivity index (χ0v) is 15.2. The summed E-state index contributed by atoms with van der Waals surface area (Å²) in [5.41, 5.74) is 0. The minimum Gasteiger partial charge on any atom is -0.481 e. The summed E-state index contributed by atoms with van der Waals surface area (Å²) >= 11 is 1.51. The molecule has 0 saturated heterocycles. The van der Waals surface area contributed by atoms with Crippen molar-refractivity contribution in [3.8, 4) is 16.5 Å². The molecule has 2 aromatic heterocycles. The van der Waals surface area contributed by atoms with Gasteiger partial charge >= 0.3 is 0 Å². The highest BCUT2D eigenvalue weighted by Crippen LogP contribution is 2.22. The van der Waals surface area contributed by atoms with Crippen molar-refractivity contribution in [1.82, 2.24) is 15.0 Å². The van der Waals surface area contributed by atoms with Gasteiger partial charge in [-0.1, -0.05) is 18.1 Å². The van der Waals surface area contributed by atoms with Crippen molar-refractivity contribution in [2.75, 3.05) is 7.05 Å². The molecule has 0 radical (unpaired) electrons. The maximum absolute atomic E-state index is 13.0. The first kappa shape index (κ1) is 18.1. The van der Waals surface area contributed by atoms with Gasteiger partial charge in [0.1, 0.15) is 11.6 Å². The van der Waals surface area contributed by atoms with Crippen LogP contribution in [0.5, 0.6) is 5.75 Å². The van der Waals surface area contributed by atoms with Gasteiger partial charge in [-0.3, -0.25) is 4.79 Å². The Hall–Kier alpha value is -2.74. The van der Waals surface area contributed by atoms with Crippen LogP contribution in [0.4, 0.5) is 4.39 Å². The maximum Gasteiger partial charge on any atom is 0.263 e. The van der Waals surface area contributed by atoms with Gasteiger partial charge in [-0.25, -0.2) is 4.39 Å². The van der Waals surface area contributed by atoms with E-state index in [1.54, 1.807) is 7.05 Å². The average Bonchev–Trinajstić information content (AvgIpc) is 3.32. The number of aromatic nitrogens is 2. The fourth-order valence-corrected chi connectivity index (χ4v) is 2.99. The number of likely N-dealkylation sites (N-methyl/N-ethyl adjacent to an activating group) is 1. The molecule has 136 valence electrons. The van der Waals surface area contributed by atoms with Crippen molar-refractivity contribution in [3.05, 3.63) is 53.5 Å². The molecule has 0 N–H and O–H groups in total. The normalized spacial score (nSPS) is 12.0. The largest absolute Gasteiger partial charge is 0.481 e. The minimum absolute atomic E-state index is 0.181. The van der Waals surface area contributed by atoms with Crippen molar-refractivity contribution in [3.63, 3.8) is 0 Å². The highest BCUT2D eigenvalue weighted by atomic mass is 32.1. The Labute approximate surface area is 154 Å². The number of hydrogen-bond donors (Lipinski definition) is 0. The summed E-state index contributed by atoms with van der Waals surface area (Å²) in [5.74, 6) is 0.726. The zero-order chi connectivity index (χ0) is 18.5. The number of benzene rings is 1. The van der Waals surface area contributed by atoms with Crippen molar-refractivity contribution in [2.45, 2.75) is 26.0 Å². The predicted molar refractivity (Wildman–Crippen MR) is 95.2 cm³/mol. The second kappa shape index (κ2) is 8.09. The molecule has 0 spiro atoms. The van der Waals surface area contributed by atoms with E-state index in [0.717, 1.165) is 4.88 Å². The van der Waals surface area contributed by atoms with Gasteiger partial charge in [0.2, 0.25) is 11.7 Å². The van der Waals surface area contributed by atoms with Crippen LogP contribution >= 0.6 is 11.3 Å². The van der Waals surface area contributed by atoms with Crippen LogP contribution in [0.1, 0.15) is 19.2 Å². The lowest BCUT2D eigenvalue weighted by molar-refractivity contribution is -0.138. The van der Waals surface area contributed by atoms with Gasteiger partial charge in [0, 0.05) is 7.05 Å². The molecule has 0 aliphatic carbocycles. The quantitative estimate of drug-likeness (QED) is 0.629. The molecule has 8 heteroatoms. The molecule has 3 aromatic rings. The number of thiophene rings is 1. The van der Waals surface area contributed by atoms with E-state index in [9.17, 15) is 9.18 Å². The number of hydrogen-bond acceptors (Lipinski definition) is 6. The van der Waals surface area contributed by atoms with Crippen LogP contribution < -0.4 is 4.74 Å². The van der Waals surface area contributed by atoms with Gasteiger partial charge < -0.3 is 14.2 Å². The molecule has 0 saturated carbocycles. The number of nitrogens with zero attached hydrogens (tertiary/aromatic N) is 3. The van der Waals surface area contributed by atoms with E-state index in [1.165, 1.54) is 40.5 Å².